The number of imidazole rings is 1. The van der Waals surface area contributed by atoms with Crippen LogP contribution >= 0.6 is 0 Å². The molecule has 0 atom stereocenters. The maximum atomic E-state index is 13.0. The smallest absolute Gasteiger partial charge is 0.231 e. The Bertz CT molecular complexity index is 821. The van der Waals surface area contributed by atoms with Gasteiger partial charge in [-0.15, -0.1) is 0 Å². The summed E-state index contributed by atoms with van der Waals surface area (Å²) in [7, 11) is -3.24. The first kappa shape index (κ1) is 17.7. The van der Waals surface area contributed by atoms with Crippen molar-refractivity contribution in [2.75, 3.05) is 6.26 Å². The van der Waals surface area contributed by atoms with Gasteiger partial charge in [-0.25, -0.2) is 13.4 Å². The van der Waals surface area contributed by atoms with E-state index in [1.807, 2.05) is 0 Å². The standard InChI is InChI=1S/C18H23N3O3S/c1-25(23,24)15-7-5-14(6-8-15)18(9-3-2-4-10-18)17(22)21-13-16-19-11-12-20-16/h5-8,11-12H,2-4,9-10,13H2,1H3,(H,19,20)(H,21,22). The van der Waals surface area contributed by atoms with E-state index in [0.29, 0.717) is 12.4 Å². The molecule has 2 N–H and O–H groups in total. The Morgan fingerprint density at radius 3 is 2.44 bits per heavy atom. The van der Waals surface area contributed by atoms with Crippen molar-refractivity contribution in [1.29, 1.82) is 0 Å². The molecule has 1 aromatic carbocycles. The summed E-state index contributed by atoms with van der Waals surface area (Å²) in [5.41, 5.74) is 0.289. The third-order valence-corrected chi connectivity index (χ3v) is 6.08. The summed E-state index contributed by atoms with van der Waals surface area (Å²) in [5.74, 6) is 0.697. The quantitative estimate of drug-likeness (QED) is 0.855. The lowest BCUT2D eigenvalue weighted by Crippen LogP contribution is -2.45. The number of carbonyl (C=O) groups is 1. The minimum atomic E-state index is -3.24. The summed E-state index contributed by atoms with van der Waals surface area (Å²) >= 11 is 0. The topological polar surface area (TPSA) is 91.9 Å². The van der Waals surface area contributed by atoms with Crippen LogP contribution in [0, 0.1) is 0 Å². The zero-order valence-electron chi connectivity index (χ0n) is 14.3. The van der Waals surface area contributed by atoms with Crippen molar-refractivity contribution in [3.05, 3.63) is 48.0 Å². The zero-order chi connectivity index (χ0) is 17.9. The first-order valence-electron chi connectivity index (χ1n) is 8.49. The molecule has 1 aliphatic rings. The molecule has 7 heteroatoms. The second kappa shape index (κ2) is 7.00. The van der Waals surface area contributed by atoms with Gasteiger partial charge in [0.1, 0.15) is 5.82 Å². The highest BCUT2D eigenvalue weighted by atomic mass is 32.2. The molecule has 2 aromatic rings. The number of rotatable bonds is 5. The van der Waals surface area contributed by atoms with Crippen LogP contribution in [0.2, 0.25) is 0 Å². The summed E-state index contributed by atoms with van der Waals surface area (Å²) in [6, 6.07) is 6.77. The van der Waals surface area contributed by atoms with E-state index < -0.39 is 15.3 Å². The molecule has 25 heavy (non-hydrogen) atoms. The van der Waals surface area contributed by atoms with Crippen LogP contribution in [0.1, 0.15) is 43.5 Å². The number of benzene rings is 1. The van der Waals surface area contributed by atoms with Gasteiger partial charge in [0, 0.05) is 18.6 Å². The number of aromatic amines is 1. The molecule has 1 amide bonds. The number of nitrogens with zero attached hydrogens (tertiary/aromatic N) is 1. The molecule has 1 saturated carbocycles. The van der Waals surface area contributed by atoms with Crippen LogP contribution in [0.15, 0.2) is 41.6 Å². The predicted molar refractivity (Wildman–Crippen MR) is 94.7 cm³/mol. The summed E-state index contributed by atoms with van der Waals surface area (Å²) in [4.78, 5) is 20.4. The molecule has 1 aromatic heterocycles. The number of hydrogen-bond acceptors (Lipinski definition) is 4. The van der Waals surface area contributed by atoms with Gasteiger partial charge in [-0.3, -0.25) is 4.79 Å². The molecule has 0 aliphatic heterocycles. The number of sulfone groups is 1. The molecule has 0 saturated heterocycles. The van der Waals surface area contributed by atoms with Crippen molar-refractivity contribution in [2.45, 2.75) is 49.0 Å². The molecule has 0 spiro atoms. The minimum absolute atomic E-state index is 0.0179. The SMILES string of the molecule is CS(=O)(=O)c1ccc(C2(C(=O)NCc3ncc[nH]3)CCCCC2)cc1. The van der Waals surface area contributed by atoms with Gasteiger partial charge in [0.2, 0.25) is 5.91 Å². The normalized spacial score (nSPS) is 17.2. The van der Waals surface area contributed by atoms with Gasteiger partial charge in [-0.1, -0.05) is 31.4 Å². The Kier molecular flexibility index (Phi) is 4.94. The van der Waals surface area contributed by atoms with Crippen molar-refractivity contribution in [1.82, 2.24) is 15.3 Å². The number of nitrogens with one attached hydrogen (secondary N) is 2. The fourth-order valence-electron chi connectivity index (χ4n) is 3.55. The van der Waals surface area contributed by atoms with Gasteiger partial charge in [-0.05, 0) is 30.5 Å². The van der Waals surface area contributed by atoms with Gasteiger partial charge in [0.15, 0.2) is 9.84 Å². The van der Waals surface area contributed by atoms with Gasteiger partial charge in [0.25, 0.3) is 0 Å². The van der Waals surface area contributed by atoms with E-state index in [4.69, 9.17) is 0 Å². The van der Waals surface area contributed by atoms with Gasteiger partial charge < -0.3 is 10.3 Å². The maximum Gasteiger partial charge on any atom is 0.231 e. The van der Waals surface area contributed by atoms with E-state index in [-0.39, 0.29) is 10.8 Å². The van der Waals surface area contributed by atoms with Crippen LogP contribution in [-0.4, -0.2) is 30.5 Å². The Balaban J connectivity index is 1.86. The number of aromatic nitrogens is 2. The Labute approximate surface area is 148 Å². The van der Waals surface area contributed by atoms with Crippen molar-refractivity contribution in [3.8, 4) is 0 Å². The first-order chi connectivity index (χ1) is 11.9. The molecule has 1 aliphatic carbocycles. The van der Waals surface area contributed by atoms with Crippen molar-refractivity contribution >= 4 is 15.7 Å². The van der Waals surface area contributed by atoms with Crippen LogP contribution in [0.4, 0.5) is 0 Å². The molecule has 3 rings (SSSR count). The maximum absolute atomic E-state index is 13.0. The summed E-state index contributed by atoms with van der Waals surface area (Å²) < 4.78 is 23.4. The Morgan fingerprint density at radius 1 is 1.20 bits per heavy atom. The second-order valence-corrected chi connectivity index (χ2v) is 8.67. The van der Waals surface area contributed by atoms with Crippen LogP contribution in [-0.2, 0) is 26.6 Å². The fourth-order valence-corrected chi connectivity index (χ4v) is 4.18. The first-order valence-corrected chi connectivity index (χ1v) is 10.4. The summed E-state index contributed by atoms with van der Waals surface area (Å²) in [6.45, 7) is 0.356. The van der Waals surface area contributed by atoms with E-state index in [0.717, 1.165) is 37.7 Å². The third-order valence-electron chi connectivity index (χ3n) is 4.95. The van der Waals surface area contributed by atoms with Crippen LogP contribution in [0.25, 0.3) is 0 Å². The van der Waals surface area contributed by atoms with E-state index in [1.54, 1.807) is 36.7 Å². The highest BCUT2D eigenvalue weighted by Crippen LogP contribution is 2.40. The number of hydrogen-bond donors (Lipinski definition) is 2. The average Bonchev–Trinajstić information content (AvgIpc) is 3.13. The number of carbonyl (C=O) groups excluding carboxylic acids is 1. The van der Waals surface area contributed by atoms with E-state index in [2.05, 4.69) is 15.3 Å². The molecule has 0 radical (unpaired) electrons. The van der Waals surface area contributed by atoms with Crippen molar-refractivity contribution < 1.29 is 13.2 Å². The molecular formula is C18H23N3O3S. The third kappa shape index (κ3) is 3.76. The second-order valence-electron chi connectivity index (χ2n) is 6.66. The van der Waals surface area contributed by atoms with Crippen LogP contribution in [0.3, 0.4) is 0 Å². The molecule has 6 nitrogen and oxygen atoms in total. The minimum Gasteiger partial charge on any atom is -0.348 e. The van der Waals surface area contributed by atoms with Crippen molar-refractivity contribution in [3.63, 3.8) is 0 Å². The lowest BCUT2D eigenvalue weighted by atomic mass is 9.68. The fraction of sp³-hybridized carbons (Fsp3) is 0.444. The number of amides is 1. The highest BCUT2D eigenvalue weighted by molar-refractivity contribution is 7.90. The van der Waals surface area contributed by atoms with E-state index in [1.165, 1.54) is 6.26 Å². The summed E-state index contributed by atoms with van der Waals surface area (Å²) in [5, 5.41) is 2.99. The highest BCUT2D eigenvalue weighted by Gasteiger charge is 2.41. The molecule has 1 heterocycles. The van der Waals surface area contributed by atoms with Crippen LogP contribution < -0.4 is 5.32 Å². The molecule has 1 fully saturated rings. The monoisotopic (exact) mass is 361 g/mol. The van der Waals surface area contributed by atoms with Gasteiger partial charge in [-0.2, -0.15) is 0 Å². The predicted octanol–water partition coefficient (Wildman–Crippen LogP) is 2.33. The Hall–Kier alpha value is -2.15. The van der Waals surface area contributed by atoms with Gasteiger partial charge in [0.05, 0.1) is 16.9 Å². The van der Waals surface area contributed by atoms with Crippen LogP contribution in [0.5, 0.6) is 0 Å². The largest absolute Gasteiger partial charge is 0.348 e. The average molecular weight is 361 g/mol. The lowest BCUT2D eigenvalue weighted by Gasteiger charge is -2.36. The summed E-state index contributed by atoms with van der Waals surface area (Å²) in [6.07, 6.45) is 9.21. The van der Waals surface area contributed by atoms with Gasteiger partial charge >= 0.3 is 0 Å². The lowest BCUT2D eigenvalue weighted by molar-refractivity contribution is -0.128. The van der Waals surface area contributed by atoms with E-state index in [9.17, 15) is 13.2 Å². The number of H-pyrrole nitrogens is 1. The van der Waals surface area contributed by atoms with Crippen molar-refractivity contribution in [2.24, 2.45) is 0 Å². The van der Waals surface area contributed by atoms with E-state index >= 15 is 0 Å². The molecule has 0 bridgehead atoms. The zero-order valence-corrected chi connectivity index (χ0v) is 15.1. The molecule has 0 unspecified atom stereocenters. The molecular weight excluding hydrogens is 338 g/mol. The Morgan fingerprint density at radius 2 is 1.88 bits per heavy atom. The molecule has 134 valence electrons.